The second kappa shape index (κ2) is 5.45. The minimum absolute atomic E-state index is 0.125. The van der Waals surface area contributed by atoms with Gasteiger partial charge in [0.05, 0.1) is 12.7 Å². The molecule has 0 heterocycles. The van der Waals surface area contributed by atoms with Crippen molar-refractivity contribution < 1.29 is 10.2 Å². The second-order valence-corrected chi connectivity index (χ2v) is 2.63. The predicted octanol–water partition coefficient (Wildman–Crippen LogP) is 1.09. The molecule has 0 aromatic heterocycles. The molecule has 0 aliphatic rings. The predicted molar refractivity (Wildman–Crippen MR) is 41.8 cm³/mol. The summed E-state index contributed by atoms with van der Waals surface area (Å²) in [6.07, 6.45) is 3.34. The van der Waals surface area contributed by atoms with Crippen LogP contribution in [0.25, 0.3) is 0 Å². The van der Waals surface area contributed by atoms with Crippen LogP contribution < -0.4 is 0 Å². The molecule has 0 aromatic carbocycles. The second-order valence-electron chi connectivity index (χ2n) is 2.63. The number of hydrogen-bond acceptors (Lipinski definition) is 2. The fourth-order valence-corrected chi connectivity index (χ4v) is 0.635. The van der Waals surface area contributed by atoms with Crippen molar-refractivity contribution >= 4 is 0 Å². The van der Waals surface area contributed by atoms with Crippen molar-refractivity contribution in [2.45, 2.75) is 32.8 Å². The Balaban J connectivity index is 3.34. The van der Waals surface area contributed by atoms with E-state index in [-0.39, 0.29) is 12.7 Å². The first-order chi connectivity index (χ1) is 4.66. The normalized spacial score (nSPS) is 15.4. The first-order valence-electron chi connectivity index (χ1n) is 3.61. The van der Waals surface area contributed by atoms with Crippen LogP contribution in [0.4, 0.5) is 0 Å². The summed E-state index contributed by atoms with van der Waals surface area (Å²) in [5.41, 5.74) is 0.973. The van der Waals surface area contributed by atoms with E-state index in [2.05, 4.69) is 0 Å². The molecule has 2 nitrogen and oxygen atoms in total. The van der Waals surface area contributed by atoms with Gasteiger partial charge in [-0.3, -0.25) is 0 Å². The van der Waals surface area contributed by atoms with Crippen molar-refractivity contribution in [2.24, 2.45) is 0 Å². The Morgan fingerprint density at radius 2 is 2.20 bits per heavy atom. The molecular weight excluding hydrogens is 128 g/mol. The van der Waals surface area contributed by atoms with Crippen molar-refractivity contribution in [3.63, 3.8) is 0 Å². The molecule has 10 heavy (non-hydrogen) atoms. The summed E-state index contributed by atoms with van der Waals surface area (Å²) in [6.45, 7) is 3.77. The summed E-state index contributed by atoms with van der Waals surface area (Å²) < 4.78 is 0. The highest BCUT2D eigenvalue weighted by molar-refractivity contribution is 4.97. The van der Waals surface area contributed by atoms with Gasteiger partial charge >= 0.3 is 0 Å². The van der Waals surface area contributed by atoms with Crippen LogP contribution >= 0.6 is 0 Å². The van der Waals surface area contributed by atoms with Crippen LogP contribution in [-0.2, 0) is 0 Å². The standard InChI is InChI=1S/C8H16O2/c1-7(6-9)4-3-5-8(2)10/h4,8-10H,3,5-6H2,1-2H3/b7-4+. The van der Waals surface area contributed by atoms with Gasteiger partial charge in [0.15, 0.2) is 0 Å². The lowest BCUT2D eigenvalue weighted by Gasteiger charge is -1.99. The Kier molecular flexibility index (Phi) is 5.26. The lowest BCUT2D eigenvalue weighted by atomic mass is 10.2. The maximum Gasteiger partial charge on any atom is 0.0639 e. The topological polar surface area (TPSA) is 40.5 Å². The quantitative estimate of drug-likeness (QED) is 0.580. The van der Waals surface area contributed by atoms with E-state index in [4.69, 9.17) is 10.2 Å². The first-order valence-corrected chi connectivity index (χ1v) is 3.61. The molecule has 0 saturated carbocycles. The van der Waals surface area contributed by atoms with E-state index < -0.39 is 0 Å². The fraction of sp³-hybridized carbons (Fsp3) is 0.750. The Labute approximate surface area is 62.2 Å². The summed E-state index contributed by atoms with van der Waals surface area (Å²) in [5, 5.41) is 17.4. The number of aliphatic hydroxyl groups excluding tert-OH is 2. The van der Waals surface area contributed by atoms with Crippen LogP contribution in [0.1, 0.15) is 26.7 Å². The molecule has 0 fully saturated rings. The average molecular weight is 144 g/mol. The highest BCUT2D eigenvalue weighted by Crippen LogP contribution is 2.00. The maximum absolute atomic E-state index is 8.85. The van der Waals surface area contributed by atoms with Crippen LogP contribution in [0.2, 0.25) is 0 Å². The molecule has 0 saturated heterocycles. The molecule has 0 bridgehead atoms. The van der Waals surface area contributed by atoms with E-state index in [1.54, 1.807) is 6.92 Å². The average Bonchev–Trinajstić information content (AvgIpc) is 1.87. The third-order valence-corrected chi connectivity index (χ3v) is 1.33. The Hall–Kier alpha value is -0.340. The Morgan fingerprint density at radius 3 is 2.60 bits per heavy atom. The lowest BCUT2D eigenvalue weighted by molar-refractivity contribution is 0.185. The number of hydrogen-bond donors (Lipinski definition) is 2. The van der Waals surface area contributed by atoms with Crippen LogP contribution in [0, 0.1) is 0 Å². The number of rotatable bonds is 4. The summed E-state index contributed by atoms with van der Waals surface area (Å²) in [5.74, 6) is 0. The molecule has 1 atom stereocenters. The van der Waals surface area contributed by atoms with Crippen molar-refractivity contribution in [1.29, 1.82) is 0 Å². The zero-order chi connectivity index (χ0) is 7.98. The van der Waals surface area contributed by atoms with Gasteiger partial charge in [-0.1, -0.05) is 11.6 Å². The highest BCUT2D eigenvalue weighted by Gasteiger charge is 1.92. The van der Waals surface area contributed by atoms with Gasteiger partial charge in [-0.05, 0) is 26.7 Å². The van der Waals surface area contributed by atoms with E-state index >= 15 is 0 Å². The Morgan fingerprint density at radius 1 is 1.60 bits per heavy atom. The number of aliphatic hydroxyl groups is 2. The SMILES string of the molecule is C/C(=C\CCC(C)O)CO. The smallest absolute Gasteiger partial charge is 0.0639 e. The largest absolute Gasteiger partial charge is 0.393 e. The Bertz CT molecular complexity index is 106. The van der Waals surface area contributed by atoms with Crippen LogP contribution in [0.15, 0.2) is 11.6 Å². The molecule has 0 aliphatic heterocycles. The van der Waals surface area contributed by atoms with Crippen molar-refractivity contribution in [1.82, 2.24) is 0 Å². The molecule has 0 aromatic rings. The van der Waals surface area contributed by atoms with Gasteiger partial charge in [-0.15, -0.1) is 0 Å². The van der Waals surface area contributed by atoms with E-state index in [0.717, 1.165) is 18.4 Å². The van der Waals surface area contributed by atoms with E-state index in [1.165, 1.54) is 0 Å². The van der Waals surface area contributed by atoms with E-state index in [0.29, 0.717) is 0 Å². The van der Waals surface area contributed by atoms with Gasteiger partial charge in [0, 0.05) is 0 Å². The molecule has 1 unspecified atom stereocenters. The fourth-order valence-electron chi connectivity index (χ4n) is 0.635. The summed E-state index contributed by atoms with van der Waals surface area (Å²) in [4.78, 5) is 0. The first kappa shape index (κ1) is 9.66. The van der Waals surface area contributed by atoms with E-state index in [9.17, 15) is 0 Å². The molecule has 0 rings (SSSR count). The highest BCUT2D eigenvalue weighted by atomic mass is 16.3. The van der Waals surface area contributed by atoms with Gasteiger partial charge in [0.25, 0.3) is 0 Å². The van der Waals surface area contributed by atoms with Crippen LogP contribution in [-0.4, -0.2) is 22.9 Å². The van der Waals surface area contributed by atoms with Crippen molar-refractivity contribution in [2.75, 3.05) is 6.61 Å². The molecule has 60 valence electrons. The minimum Gasteiger partial charge on any atom is -0.393 e. The molecule has 0 radical (unpaired) electrons. The number of allylic oxidation sites excluding steroid dienone is 1. The third kappa shape index (κ3) is 5.79. The molecule has 0 amide bonds. The molecule has 0 aliphatic carbocycles. The zero-order valence-corrected chi connectivity index (χ0v) is 6.67. The molecular formula is C8H16O2. The maximum atomic E-state index is 8.85. The van der Waals surface area contributed by atoms with Gasteiger partial charge in [-0.25, -0.2) is 0 Å². The van der Waals surface area contributed by atoms with Crippen molar-refractivity contribution in [3.05, 3.63) is 11.6 Å². The molecule has 2 heteroatoms. The van der Waals surface area contributed by atoms with Gasteiger partial charge < -0.3 is 10.2 Å². The van der Waals surface area contributed by atoms with Gasteiger partial charge in [0.2, 0.25) is 0 Å². The summed E-state index contributed by atoms with van der Waals surface area (Å²) in [6, 6.07) is 0. The van der Waals surface area contributed by atoms with Crippen LogP contribution in [0.3, 0.4) is 0 Å². The lowest BCUT2D eigenvalue weighted by Crippen LogP contribution is -1.97. The van der Waals surface area contributed by atoms with Gasteiger partial charge in [-0.2, -0.15) is 0 Å². The summed E-state index contributed by atoms with van der Waals surface area (Å²) >= 11 is 0. The monoisotopic (exact) mass is 144 g/mol. The van der Waals surface area contributed by atoms with Gasteiger partial charge in [0.1, 0.15) is 0 Å². The van der Waals surface area contributed by atoms with Crippen molar-refractivity contribution in [3.8, 4) is 0 Å². The molecule has 2 N–H and O–H groups in total. The zero-order valence-electron chi connectivity index (χ0n) is 6.67. The minimum atomic E-state index is -0.234. The third-order valence-electron chi connectivity index (χ3n) is 1.33. The van der Waals surface area contributed by atoms with E-state index in [1.807, 2.05) is 13.0 Å². The summed E-state index contributed by atoms with van der Waals surface area (Å²) in [7, 11) is 0. The molecule has 0 spiro atoms. The van der Waals surface area contributed by atoms with Crippen LogP contribution in [0.5, 0.6) is 0 Å².